The largest absolute Gasteiger partial charge is 0.481 e. The van der Waals surface area contributed by atoms with Gasteiger partial charge in [0.25, 0.3) is 0 Å². The molecule has 0 bridgehead atoms. The summed E-state index contributed by atoms with van der Waals surface area (Å²) in [5, 5.41) is 8.92. The first kappa shape index (κ1) is 18.8. The van der Waals surface area contributed by atoms with Crippen molar-refractivity contribution in [2.75, 3.05) is 26.3 Å². The number of benzene rings is 1. The predicted octanol–water partition coefficient (Wildman–Crippen LogP) is 2.73. The van der Waals surface area contributed by atoms with Gasteiger partial charge in [0.2, 0.25) is 5.91 Å². The molecule has 2 fully saturated rings. The van der Waals surface area contributed by atoms with E-state index in [2.05, 4.69) is 0 Å². The van der Waals surface area contributed by atoms with Gasteiger partial charge in [-0.1, -0.05) is 6.07 Å². The maximum absolute atomic E-state index is 14.5. The maximum Gasteiger partial charge on any atom is 0.303 e. The smallest absolute Gasteiger partial charge is 0.303 e. The third kappa shape index (κ3) is 3.72. The van der Waals surface area contributed by atoms with Crippen LogP contribution in [0.5, 0.6) is 0 Å². The number of carbonyl (C=O) groups excluding carboxylic acids is 1. The highest BCUT2D eigenvalue weighted by atomic mass is 19.1. The van der Waals surface area contributed by atoms with Crippen molar-refractivity contribution >= 4 is 11.9 Å². The maximum atomic E-state index is 14.5. The summed E-state index contributed by atoms with van der Waals surface area (Å²) in [6.07, 6.45) is 2.05. The molecule has 2 aliphatic rings. The van der Waals surface area contributed by atoms with Crippen LogP contribution in [0.2, 0.25) is 0 Å². The number of hydrogen-bond acceptors (Lipinski definition) is 3. The van der Waals surface area contributed by atoms with Crippen molar-refractivity contribution in [3.8, 4) is 0 Å². The number of hydrogen-bond donors (Lipinski definition) is 1. The third-order valence-electron chi connectivity index (χ3n) is 5.57. The molecule has 0 spiro atoms. The fraction of sp³-hybridized carbons (Fsp3) is 0.579. The lowest BCUT2D eigenvalue weighted by atomic mass is 9.72. The van der Waals surface area contributed by atoms with Crippen LogP contribution in [0, 0.1) is 17.6 Å². The van der Waals surface area contributed by atoms with Gasteiger partial charge in [-0.05, 0) is 37.7 Å². The zero-order valence-corrected chi connectivity index (χ0v) is 14.5. The number of likely N-dealkylation sites (tertiary alicyclic amines) is 1. The average Bonchev–Trinajstić information content (AvgIpc) is 2.62. The van der Waals surface area contributed by atoms with Gasteiger partial charge in [0.05, 0.1) is 5.41 Å². The minimum atomic E-state index is -1.05. The number of rotatable bonds is 4. The molecule has 2 saturated heterocycles. The minimum Gasteiger partial charge on any atom is -0.481 e. The van der Waals surface area contributed by atoms with Gasteiger partial charge in [-0.2, -0.15) is 0 Å². The van der Waals surface area contributed by atoms with Crippen LogP contribution < -0.4 is 0 Å². The van der Waals surface area contributed by atoms with Gasteiger partial charge in [-0.15, -0.1) is 0 Å². The normalized spacial score (nSPS) is 20.8. The molecule has 1 amide bonds. The first-order chi connectivity index (χ1) is 12.4. The van der Waals surface area contributed by atoms with Crippen molar-refractivity contribution in [1.82, 2.24) is 4.90 Å². The van der Waals surface area contributed by atoms with Gasteiger partial charge < -0.3 is 14.7 Å². The number of carbonyl (C=O) groups is 2. The molecule has 7 heteroatoms. The summed E-state index contributed by atoms with van der Waals surface area (Å²) in [6, 6.07) is 3.37. The molecule has 0 unspecified atom stereocenters. The van der Waals surface area contributed by atoms with Gasteiger partial charge in [0, 0.05) is 44.4 Å². The molecule has 0 saturated carbocycles. The Hall–Kier alpha value is -2.02. The number of carboxylic acid groups (broad SMARTS) is 1. The number of amides is 1. The molecule has 0 aliphatic carbocycles. The van der Waals surface area contributed by atoms with E-state index in [1.54, 1.807) is 4.90 Å². The quantitative estimate of drug-likeness (QED) is 0.889. The molecule has 2 aliphatic heterocycles. The lowest BCUT2D eigenvalue weighted by molar-refractivity contribution is -0.143. The Balaban J connectivity index is 1.82. The molecule has 1 aromatic carbocycles. The van der Waals surface area contributed by atoms with Crippen LogP contribution in [0.15, 0.2) is 18.2 Å². The lowest BCUT2D eigenvalue weighted by Gasteiger charge is -2.42. The van der Waals surface area contributed by atoms with Crippen LogP contribution in [0.3, 0.4) is 0 Å². The molecule has 0 atom stereocenters. The van der Waals surface area contributed by atoms with Crippen molar-refractivity contribution in [3.63, 3.8) is 0 Å². The molecule has 5 nitrogen and oxygen atoms in total. The molecule has 2 heterocycles. The summed E-state index contributed by atoms with van der Waals surface area (Å²) >= 11 is 0. The Labute approximate surface area is 150 Å². The average molecular weight is 367 g/mol. The number of aliphatic carboxylic acids is 1. The second-order valence-electron chi connectivity index (χ2n) is 7.15. The second kappa shape index (κ2) is 7.70. The van der Waals surface area contributed by atoms with E-state index in [1.807, 2.05) is 0 Å². The van der Waals surface area contributed by atoms with Crippen LogP contribution in [-0.4, -0.2) is 48.2 Å². The van der Waals surface area contributed by atoms with Crippen molar-refractivity contribution < 1.29 is 28.2 Å². The summed E-state index contributed by atoms with van der Waals surface area (Å²) in [5.41, 5.74) is -0.824. The summed E-state index contributed by atoms with van der Waals surface area (Å²) in [5.74, 6) is -2.31. The number of halogens is 2. The Morgan fingerprint density at radius 3 is 2.42 bits per heavy atom. The number of nitrogens with zero attached hydrogens (tertiary/aromatic N) is 1. The van der Waals surface area contributed by atoms with E-state index in [1.165, 1.54) is 12.1 Å². The highest BCUT2D eigenvalue weighted by Crippen LogP contribution is 2.39. The standard InChI is InChI=1S/C19H23F2NO4/c20-14-1-2-15(16(21)12-14)19(5-9-26-10-6-19)18(25)22-7-3-13(4-8-22)11-17(23)24/h1-2,12-13H,3-11H2,(H,23,24). The number of carboxylic acids is 1. The Kier molecular flexibility index (Phi) is 5.55. The predicted molar refractivity (Wildman–Crippen MR) is 89.6 cm³/mol. The molecular formula is C19H23F2NO4. The van der Waals surface area contributed by atoms with Crippen LogP contribution in [0.25, 0.3) is 0 Å². The fourth-order valence-electron chi connectivity index (χ4n) is 4.09. The van der Waals surface area contributed by atoms with E-state index in [4.69, 9.17) is 9.84 Å². The fourth-order valence-corrected chi connectivity index (χ4v) is 4.09. The van der Waals surface area contributed by atoms with E-state index in [0.29, 0.717) is 52.0 Å². The Morgan fingerprint density at radius 2 is 1.85 bits per heavy atom. The Bertz CT molecular complexity index is 680. The van der Waals surface area contributed by atoms with Crippen molar-refractivity contribution in [2.45, 2.75) is 37.5 Å². The van der Waals surface area contributed by atoms with Crippen LogP contribution in [-0.2, 0) is 19.7 Å². The molecule has 0 aromatic heterocycles. The van der Waals surface area contributed by atoms with Crippen LogP contribution >= 0.6 is 0 Å². The molecular weight excluding hydrogens is 344 g/mol. The van der Waals surface area contributed by atoms with Gasteiger partial charge in [0.15, 0.2) is 0 Å². The highest BCUT2D eigenvalue weighted by Gasteiger charge is 2.46. The lowest BCUT2D eigenvalue weighted by Crippen LogP contribution is -2.52. The monoisotopic (exact) mass is 367 g/mol. The summed E-state index contributed by atoms with van der Waals surface area (Å²) in [6.45, 7) is 1.61. The summed E-state index contributed by atoms with van der Waals surface area (Å²) in [4.78, 5) is 25.9. The summed E-state index contributed by atoms with van der Waals surface area (Å²) < 4.78 is 33.2. The van der Waals surface area contributed by atoms with Crippen LogP contribution in [0.4, 0.5) is 8.78 Å². The summed E-state index contributed by atoms with van der Waals surface area (Å²) in [7, 11) is 0. The van der Waals surface area contributed by atoms with Crippen molar-refractivity contribution in [1.29, 1.82) is 0 Å². The number of piperidine rings is 1. The third-order valence-corrected chi connectivity index (χ3v) is 5.57. The van der Waals surface area contributed by atoms with E-state index >= 15 is 0 Å². The van der Waals surface area contributed by atoms with Crippen LogP contribution in [0.1, 0.15) is 37.7 Å². The molecule has 1 N–H and O–H groups in total. The van der Waals surface area contributed by atoms with E-state index in [0.717, 1.165) is 6.07 Å². The van der Waals surface area contributed by atoms with Crippen molar-refractivity contribution in [2.24, 2.45) is 5.92 Å². The highest BCUT2D eigenvalue weighted by molar-refractivity contribution is 5.88. The zero-order chi connectivity index (χ0) is 18.7. The van der Waals surface area contributed by atoms with Crippen molar-refractivity contribution in [3.05, 3.63) is 35.4 Å². The van der Waals surface area contributed by atoms with E-state index in [9.17, 15) is 18.4 Å². The van der Waals surface area contributed by atoms with E-state index in [-0.39, 0.29) is 23.8 Å². The zero-order valence-electron chi connectivity index (χ0n) is 14.5. The second-order valence-corrected chi connectivity index (χ2v) is 7.15. The van der Waals surface area contributed by atoms with Gasteiger partial charge in [0.1, 0.15) is 11.6 Å². The first-order valence-electron chi connectivity index (χ1n) is 8.97. The minimum absolute atomic E-state index is 0.0600. The first-order valence-corrected chi connectivity index (χ1v) is 8.97. The molecule has 142 valence electrons. The van der Waals surface area contributed by atoms with E-state index < -0.39 is 23.0 Å². The molecule has 26 heavy (non-hydrogen) atoms. The van der Waals surface area contributed by atoms with Gasteiger partial charge in [-0.3, -0.25) is 9.59 Å². The Morgan fingerprint density at radius 1 is 1.19 bits per heavy atom. The van der Waals surface area contributed by atoms with Gasteiger partial charge in [-0.25, -0.2) is 8.78 Å². The molecule has 0 radical (unpaired) electrons. The molecule has 3 rings (SSSR count). The molecule has 1 aromatic rings. The SMILES string of the molecule is O=C(O)CC1CCN(C(=O)C2(c3ccc(F)cc3F)CCOCC2)CC1. The number of ether oxygens (including phenoxy) is 1. The topological polar surface area (TPSA) is 66.8 Å². The van der Waals surface area contributed by atoms with Gasteiger partial charge >= 0.3 is 5.97 Å².